The number of aromatic nitrogens is 3. The van der Waals surface area contributed by atoms with Crippen LogP contribution in [0.25, 0.3) is 0 Å². The van der Waals surface area contributed by atoms with Gasteiger partial charge < -0.3 is 10.1 Å². The quantitative estimate of drug-likeness (QED) is 0.474. The molecular weight excluding hydrogens is 274 g/mol. The first kappa shape index (κ1) is 14.8. The van der Waals surface area contributed by atoms with Gasteiger partial charge in [0.1, 0.15) is 18.1 Å². The van der Waals surface area contributed by atoms with Crippen molar-refractivity contribution in [3.63, 3.8) is 0 Å². The number of aryl methyl sites for hydroxylation is 2. The van der Waals surface area contributed by atoms with Crippen molar-refractivity contribution < 1.29 is 9.66 Å². The van der Waals surface area contributed by atoms with E-state index in [2.05, 4.69) is 15.4 Å². The molecule has 0 radical (unpaired) electrons. The summed E-state index contributed by atoms with van der Waals surface area (Å²) in [7, 11) is 1.68. The fourth-order valence-electron chi connectivity index (χ4n) is 1.97. The molecule has 8 nitrogen and oxygen atoms in total. The minimum Gasteiger partial charge on any atom is -0.490 e. The van der Waals surface area contributed by atoms with Crippen LogP contribution in [0.2, 0.25) is 0 Å². The van der Waals surface area contributed by atoms with Crippen LogP contribution in [0, 0.1) is 10.1 Å². The van der Waals surface area contributed by atoms with E-state index in [4.69, 9.17) is 4.74 Å². The lowest BCUT2D eigenvalue weighted by Gasteiger charge is -2.07. The average Bonchev–Trinajstić information content (AvgIpc) is 2.81. The molecule has 2 aromatic heterocycles. The molecule has 21 heavy (non-hydrogen) atoms. The largest absolute Gasteiger partial charge is 0.490 e. The zero-order valence-corrected chi connectivity index (χ0v) is 11.9. The highest BCUT2D eigenvalue weighted by Crippen LogP contribution is 2.28. The molecule has 112 valence electrons. The van der Waals surface area contributed by atoms with Crippen molar-refractivity contribution in [2.75, 3.05) is 18.5 Å². The molecule has 0 fully saturated rings. The van der Waals surface area contributed by atoms with Crippen LogP contribution < -0.4 is 10.1 Å². The van der Waals surface area contributed by atoms with Crippen LogP contribution in [0.4, 0.5) is 11.5 Å². The van der Waals surface area contributed by atoms with E-state index in [1.165, 1.54) is 4.68 Å². The fourth-order valence-corrected chi connectivity index (χ4v) is 1.97. The smallest absolute Gasteiger partial charge is 0.333 e. The minimum atomic E-state index is -0.407. The summed E-state index contributed by atoms with van der Waals surface area (Å²) in [5, 5.41) is 18.3. The van der Waals surface area contributed by atoms with Gasteiger partial charge in [-0.05, 0) is 18.6 Å². The van der Waals surface area contributed by atoms with Gasteiger partial charge in [-0.25, -0.2) is 4.68 Å². The molecule has 0 aromatic carbocycles. The highest BCUT2D eigenvalue weighted by molar-refractivity contribution is 5.59. The molecule has 0 amide bonds. The maximum atomic E-state index is 11.1. The Kier molecular flexibility index (Phi) is 4.70. The maximum Gasteiger partial charge on any atom is 0.333 e. The lowest BCUT2D eigenvalue weighted by Crippen LogP contribution is -2.14. The summed E-state index contributed by atoms with van der Waals surface area (Å²) >= 11 is 0. The summed E-state index contributed by atoms with van der Waals surface area (Å²) < 4.78 is 6.96. The molecule has 1 N–H and O–H groups in total. The molecule has 0 aliphatic carbocycles. The normalized spacial score (nSPS) is 10.4. The van der Waals surface area contributed by atoms with Crippen LogP contribution >= 0.6 is 0 Å². The summed E-state index contributed by atoms with van der Waals surface area (Å²) in [5.74, 6) is 1.06. The summed E-state index contributed by atoms with van der Waals surface area (Å²) in [6.45, 7) is 2.64. The molecule has 0 aliphatic rings. The number of ether oxygens (including phenoxy) is 1. The molecule has 2 heterocycles. The van der Waals surface area contributed by atoms with E-state index in [0.29, 0.717) is 36.8 Å². The summed E-state index contributed by atoms with van der Waals surface area (Å²) in [4.78, 5) is 14.7. The van der Waals surface area contributed by atoms with Gasteiger partial charge in [0.15, 0.2) is 0 Å². The third-order valence-electron chi connectivity index (χ3n) is 2.91. The number of nitrogens with one attached hydrogen (secondary N) is 1. The van der Waals surface area contributed by atoms with Gasteiger partial charge in [0.25, 0.3) is 0 Å². The molecule has 0 bridgehead atoms. The molecule has 0 unspecified atom stereocenters. The maximum absolute atomic E-state index is 11.1. The first-order valence-electron chi connectivity index (χ1n) is 6.60. The fraction of sp³-hybridized carbons (Fsp3) is 0.385. The van der Waals surface area contributed by atoms with Crippen LogP contribution in [0.5, 0.6) is 5.75 Å². The second kappa shape index (κ2) is 6.69. The van der Waals surface area contributed by atoms with E-state index >= 15 is 0 Å². The van der Waals surface area contributed by atoms with E-state index in [1.54, 1.807) is 31.6 Å². The Labute approximate surface area is 121 Å². The van der Waals surface area contributed by atoms with Gasteiger partial charge >= 0.3 is 5.69 Å². The van der Waals surface area contributed by atoms with Crippen molar-refractivity contribution in [1.29, 1.82) is 0 Å². The van der Waals surface area contributed by atoms with Crippen molar-refractivity contribution in [1.82, 2.24) is 14.8 Å². The third kappa shape index (κ3) is 3.47. The van der Waals surface area contributed by atoms with E-state index < -0.39 is 4.92 Å². The Bertz CT molecular complexity index is 612. The lowest BCUT2D eigenvalue weighted by molar-refractivity contribution is -0.384. The van der Waals surface area contributed by atoms with Crippen molar-refractivity contribution in [3.05, 3.63) is 40.3 Å². The molecular formula is C13H17N5O3. The second-order valence-corrected chi connectivity index (χ2v) is 4.34. The molecule has 0 saturated carbocycles. The van der Waals surface area contributed by atoms with Crippen molar-refractivity contribution in [3.8, 4) is 5.75 Å². The molecule has 0 aliphatic heterocycles. The number of nitrogens with zero attached hydrogens (tertiary/aromatic N) is 4. The van der Waals surface area contributed by atoms with Crippen molar-refractivity contribution in [2.45, 2.75) is 13.3 Å². The first-order valence-corrected chi connectivity index (χ1v) is 6.60. The molecule has 2 aromatic rings. The van der Waals surface area contributed by atoms with Crippen LogP contribution in [-0.4, -0.2) is 32.8 Å². The van der Waals surface area contributed by atoms with E-state index in [9.17, 15) is 10.1 Å². The highest BCUT2D eigenvalue weighted by Gasteiger charge is 2.25. The van der Waals surface area contributed by atoms with Gasteiger partial charge in [-0.1, -0.05) is 6.92 Å². The van der Waals surface area contributed by atoms with Gasteiger partial charge in [0, 0.05) is 13.2 Å². The van der Waals surface area contributed by atoms with E-state index in [-0.39, 0.29) is 5.69 Å². The number of anilines is 1. The van der Waals surface area contributed by atoms with Gasteiger partial charge in [-0.15, -0.1) is 0 Å². The summed E-state index contributed by atoms with van der Waals surface area (Å²) in [5.41, 5.74) is 0.500. The molecule has 0 saturated heterocycles. The van der Waals surface area contributed by atoms with Gasteiger partial charge in [0.05, 0.1) is 17.7 Å². The molecule has 0 spiro atoms. The molecule has 8 heteroatoms. The Hall–Kier alpha value is -2.64. The minimum absolute atomic E-state index is 0.0291. The monoisotopic (exact) mass is 291 g/mol. The van der Waals surface area contributed by atoms with Crippen LogP contribution in [0.15, 0.2) is 24.5 Å². The van der Waals surface area contributed by atoms with Crippen LogP contribution in [-0.2, 0) is 13.5 Å². The van der Waals surface area contributed by atoms with Gasteiger partial charge in [0.2, 0.25) is 5.82 Å². The first-order chi connectivity index (χ1) is 10.1. The summed E-state index contributed by atoms with van der Waals surface area (Å²) in [6.07, 6.45) is 3.79. The topological polar surface area (TPSA) is 95.1 Å². The molecule has 2 rings (SSSR count). The number of pyridine rings is 1. The Balaban J connectivity index is 1.97. The predicted octanol–water partition coefficient (Wildman–Crippen LogP) is 1.78. The number of rotatable bonds is 7. The van der Waals surface area contributed by atoms with Crippen molar-refractivity contribution in [2.24, 2.45) is 7.05 Å². The zero-order valence-electron chi connectivity index (χ0n) is 11.9. The average molecular weight is 291 g/mol. The van der Waals surface area contributed by atoms with E-state index in [0.717, 1.165) is 0 Å². The van der Waals surface area contributed by atoms with E-state index in [1.807, 2.05) is 6.92 Å². The van der Waals surface area contributed by atoms with Crippen LogP contribution in [0.1, 0.15) is 12.6 Å². The highest BCUT2D eigenvalue weighted by atomic mass is 16.6. The Morgan fingerprint density at radius 2 is 2.33 bits per heavy atom. The number of nitro groups is 1. The standard InChI is InChI=1S/C13H17N5O3/c1-3-11-12(18(19)20)13(17(2)16-11)15-7-8-21-10-5-4-6-14-9-10/h4-6,9,15H,3,7-8H2,1-2H3. The molecule has 0 atom stereocenters. The number of hydrogen-bond donors (Lipinski definition) is 1. The van der Waals surface area contributed by atoms with Crippen LogP contribution in [0.3, 0.4) is 0 Å². The lowest BCUT2D eigenvalue weighted by atomic mass is 10.3. The Morgan fingerprint density at radius 3 is 2.95 bits per heavy atom. The van der Waals surface area contributed by atoms with Crippen molar-refractivity contribution >= 4 is 11.5 Å². The Morgan fingerprint density at radius 1 is 1.52 bits per heavy atom. The zero-order chi connectivity index (χ0) is 15.2. The summed E-state index contributed by atoms with van der Waals surface area (Å²) in [6, 6.07) is 3.58. The van der Waals surface area contributed by atoms with Gasteiger partial charge in [-0.2, -0.15) is 5.10 Å². The second-order valence-electron chi connectivity index (χ2n) is 4.34. The van der Waals surface area contributed by atoms with Gasteiger partial charge in [-0.3, -0.25) is 15.1 Å². The SMILES string of the molecule is CCc1nn(C)c(NCCOc2cccnc2)c1[N+](=O)[O-]. The predicted molar refractivity (Wildman–Crippen MR) is 77.5 cm³/mol. The third-order valence-corrected chi connectivity index (χ3v) is 2.91. The number of hydrogen-bond acceptors (Lipinski definition) is 6.